The molecule has 1 saturated heterocycles. The number of hydrogen-bond acceptors (Lipinski definition) is 12. The fourth-order valence-electron chi connectivity index (χ4n) is 5.65. The summed E-state index contributed by atoms with van der Waals surface area (Å²) in [6, 6.07) is 3.27. The van der Waals surface area contributed by atoms with Crippen molar-refractivity contribution < 1.29 is 56.3 Å². The van der Waals surface area contributed by atoms with Crippen LogP contribution in [0.5, 0.6) is 5.75 Å². The Morgan fingerprint density at radius 1 is 1.00 bits per heavy atom. The van der Waals surface area contributed by atoms with E-state index >= 15 is 0 Å². The minimum Gasteiger partial charge on any atom is -0.542 e. The van der Waals surface area contributed by atoms with E-state index in [1.54, 1.807) is 24.0 Å². The Bertz CT molecular complexity index is 1940. The highest BCUT2D eigenvalue weighted by Gasteiger charge is 2.32. The molecule has 0 atom stereocenters. The van der Waals surface area contributed by atoms with Crippen LogP contribution in [0.1, 0.15) is 81.1 Å². The summed E-state index contributed by atoms with van der Waals surface area (Å²) in [6.07, 6.45) is -4.49. The molecule has 56 heavy (non-hydrogen) atoms. The number of carboxylic acid groups (broad SMARTS) is 1. The number of nitrogens with two attached hydrogens (primary N) is 2. The third kappa shape index (κ3) is 11.7. The van der Waals surface area contributed by atoms with E-state index in [0.29, 0.717) is 45.6 Å². The van der Waals surface area contributed by atoms with Crippen LogP contribution in [0.15, 0.2) is 12.1 Å². The van der Waals surface area contributed by atoms with Gasteiger partial charge in [-0.3, -0.25) is 14.4 Å². The fourth-order valence-corrected chi connectivity index (χ4v) is 5.77. The van der Waals surface area contributed by atoms with Gasteiger partial charge in [-0.15, -0.1) is 0 Å². The molecule has 3 aromatic rings. The molecule has 7 N–H and O–H groups in total. The molecule has 0 unspecified atom stereocenters. The molecule has 3 heterocycles. The average molecular weight is 815 g/mol. The van der Waals surface area contributed by atoms with Gasteiger partial charge in [-0.05, 0) is 54.4 Å². The first-order chi connectivity index (χ1) is 26.1. The van der Waals surface area contributed by atoms with E-state index in [0.717, 1.165) is 16.9 Å². The monoisotopic (exact) mass is 814 g/mol. The summed E-state index contributed by atoms with van der Waals surface area (Å²) in [4.78, 5) is 70.1. The zero-order valence-electron chi connectivity index (χ0n) is 31.8. The number of carboxylic acids is 1. The Morgan fingerprint density at radius 2 is 1.62 bits per heavy atom. The van der Waals surface area contributed by atoms with Gasteiger partial charge in [0.1, 0.15) is 23.9 Å². The predicted octanol–water partition coefficient (Wildman–Crippen LogP) is 1.45. The number of amides is 4. The number of carbonyl (C=O) groups excluding carboxylic acids is 5. The Morgan fingerprint density at radius 3 is 2.16 bits per heavy atom. The summed E-state index contributed by atoms with van der Waals surface area (Å²) in [6.45, 7) is 13.3. The second kappa shape index (κ2) is 18.8. The summed E-state index contributed by atoms with van der Waals surface area (Å²) < 4.78 is 47.0. The van der Waals surface area contributed by atoms with Crippen LogP contribution in [0.2, 0.25) is 5.15 Å². The van der Waals surface area contributed by atoms with Crippen molar-refractivity contribution in [3.8, 4) is 5.75 Å². The normalized spacial score (nSPS) is 13.4. The number of nitrogen functional groups attached to an aromatic ring is 2. The van der Waals surface area contributed by atoms with Crippen LogP contribution in [-0.4, -0.2) is 93.3 Å². The molecule has 4 rings (SSSR count). The van der Waals surface area contributed by atoms with Crippen LogP contribution in [0.25, 0.3) is 11.0 Å². The topological polar surface area (TPSA) is 253 Å². The van der Waals surface area contributed by atoms with Gasteiger partial charge in [-0.2, -0.15) is 13.2 Å². The number of aromatic nitrogens is 4. The van der Waals surface area contributed by atoms with Gasteiger partial charge in [0.15, 0.2) is 40.1 Å². The number of ether oxygens (including phenoxy) is 2. The zero-order chi connectivity index (χ0) is 42.1. The molecule has 0 aliphatic carbocycles. The highest BCUT2D eigenvalue weighted by Crippen LogP contribution is 2.28. The van der Waals surface area contributed by atoms with Crippen molar-refractivity contribution in [3.63, 3.8) is 0 Å². The van der Waals surface area contributed by atoms with E-state index in [2.05, 4.69) is 25.9 Å². The molecule has 0 bridgehead atoms. The average Bonchev–Trinajstić information content (AvgIpc) is 3.41. The standard InChI is InChI=1S/C32H45ClN10O6.C2HF3O2/c1-7-36-23(44)17-48-22-15-21-20(14-19(22)29(45)38-18-10-12-41(13-11-18)31(47)49-32(4,5)6)42(8-2)24(43(21)9-3)16-37-30(46)25-27(34)40-28(35)26(33)39-25;3-2(4,5)1(6)7/h14-15,18H,7-13,16-17H2,1-6H3,(H6-,34,35,36,37,38,40,44,45,46);(H,6,7). The lowest BCUT2D eigenvalue weighted by atomic mass is 10.0. The Labute approximate surface area is 325 Å². The van der Waals surface area contributed by atoms with E-state index < -0.39 is 23.7 Å². The highest BCUT2D eigenvalue weighted by atomic mass is 35.5. The van der Waals surface area contributed by atoms with Gasteiger partial charge in [-0.1, -0.05) is 11.6 Å². The van der Waals surface area contributed by atoms with Crippen molar-refractivity contribution in [2.24, 2.45) is 0 Å². The molecule has 18 nitrogen and oxygen atoms in total. The lowest BCUT2D eigenvalue weighted by Gasteiger charge is -2.33. The maximum Gasteiger partial charge on any atom is 0.430 e. The van der Waals surface area contributed by atoms with Crippen LogP contribution in [0, 0.1) is 0 Å². The highest BCUT2D eigenvalue weighted by molar-refractivity contribution is 6.31. The number of benzene rings is 1. The maximum absolute atomic E-state index is 13.9. The molecule has 1 aromatic carbocycles. The van der Waals surface area contributed by atoms with Crippen molar-refractivity contribution in [1.82, 2.24) is 35.4 Å². The van der Waals surface area contributed by atoms with Crippen LogP contribution in [0.3, 0.4) is 0 Å². The quantitative estimate of drug-likeness (QED) is 0.173. The van der Waals surface area contributed by atoms with Gasteiger partial charge in [0, 0.05) is 37.8 Å². The van der Waals surface area contributed by atoms with Crippen LogP contribution in [-0.2, 0) is 34.0 Å². The van der Waals surface area contributed by atoms with E-state index in [1.807, 2.05) is 43.8 Å². The number of piperidine rings is 1. The summed E-state index contributed by atoms with van der Waals surface area (Å²) in [7, 11) is 0. The number of likely N-dealkylation sites (N-methyl/N-ethyl adjacent to an activating group) is 1. The largest absolute Gasteiger partial charge is 0.542 e. The summed E-state index contributed by atoms with van der Waals surface area (Å²) >= 11 is 5.98. The number of aliphatic carboxylic acids is 1. The van der Waals surface area contributed by atoms with Crippen LogP contribution in [0.4, 0.5) is 29.6 Å². The first-order valence-electron chi connectivity index (χ1n) is 17.5. The lowest BCUT2D eigenvalue weighted by molar-refractivity contribution is -0.676. The van der Waals surface area contributed by atoms with Crippen molar-refractivity contribution >= 4 is 64.1 Å². The van der Waals surface area contributed by atoms with E-state index in [-0.39, 0.29) is 70.9 Å². The van der Waals surface area contributed by atoms with Crippen molar-refractivity contribution in [2.45, 2.75) is 91.8 Å². The lowest BCUT2D eigenvalue weighted by Crippen LogP contribution is -2.47. The summed E-state index contributed by atoms with van der Waals surface area (Å²) in [5, 5.41) is 17.3. The number of hydrogen-bond donors (Lipinski definition) is 5. The second-order valence-corrected chi connectivity index (χ2v) is 13.7. The molecular formula is C34H46ClF3N10O8. The molecule has 0 saturated carbocycles. The third-order valence-corrected chi connectivity index (χ3v) is 8.41. The van der Waals surface area contributed by atoms with Gasteiger partial charge in [0.2, 0.25) is 0 Å². The third-order valence-electron chi connectivity index (χ3n) is 8.13. The van der Waals surface area contributed by atoms with Gasteiger partial charge in [0.05, 0.1) is 18.7 Å². The van der Waals surface area contributed by atoms with Gasteiger partial charge in [-0.25, -0.2) is 23.9 Å². The zero-order valence-corrected chi connectivity index (χ0v) is 32.5. The first kappa shape index (κ1) is 44.8. The number of nitrogens with zero attached hydrogens (tertiary/aromatic N) is 5. The van der Waals surface area contributed by atoms with Crippen molar-refractivity contribution in [2.75, 3.05) is 37.7 Å². The van der Waals surface area contributed by atoms with E-state index in [1.165, 1.54) is 0 Å². The molecule has 0 spiro atoms. The minimum absolute atomic E-state index is 0.0746. The number of nitrogens with one attached hydrogen (secondary N) is 3. The SMILES string of the molecule is CCNC(=O)COc1cc2c(cc1C(=O)NC1CCN(C(=O)OC(C)(C)C)CC1)n(CC)c(CNC(=O)c1nc(Cl)c(N)nc1N)[n+]2CC.O=C([O-])C(F)(F)F. The van der Waals surface area contributed by atoms with Crippen LogP contribution >= 0.6 is 11.6 Å². The summed E-state index contributed by atoms with van der Waals surface area (Å²) in [5.41, 5.74) is 12.5. The number of halogens is 4. The molecule has 1 aliphatic heterocycles. The van der Waals surface area contributed by atoms with Gasteiger partial charge < -0.3 is 51.7 Å². The van der Waals surface area contributed by atoms with E-state index in [9.17, 15) is 32.3 Å². The molecule has 1 fully saturated rings. The maximum atomic E-state index is 13.9. The molecule has 22 heteroatoms. The Kier molecular flexibility index (Phi) is 15.1. The van der Waals surface area contributed by atoms with E-state index in [4.69, 9.17) is 42.4 Å². The Balaban J connectivity index is 0.00000109. The molecule has 1 aliphatic rings. The van der Waals surface area contributed by atoms with Crippen molar-refractivity contribution in [3.05, 3.63) is 34.4 Å². The Hall–Kier alpha value is -5.60. The second-order valence-electron chi connectivity index (χ2n) is 13.3. The predicted molar refractivity (Wildman–Crippen MR) is 194 cm³/mol. The number of imidazole rings is 1. The summed E-state index contributed by atoms with van der Waals surface area (Å²) in [5.74, 6) is -3.58. The smallest absolute Gasteiger partial charge is 0.430 e. The number of alkyl halides is 3. The van der Waals surface area contributed by atoms with Gasteiger partial charge in [0.25, 0.3) is 23.5 Å². The number of likely N-dealkylation sites (tertiary alicyclic amines) is 1. The number of aryl methyl sites for hydroxylation is 2. The van der Waals surface area contributed by atoms with Crippen LogP contribution < -0.4 is 41.8 Å². The minimum atomic E-state index is -5.19. The molecule has 2 aromatic heterocycles. The molecule has 4 amide bonds. The molecular weight excluding hydrogens is 769 g/mol. The molecule has 308 valence electrons. The first-order valence-corrected chi connectivity index (χ1v) is 17.9. The van der Waals surface area contributed by atoms with Gasteiger partial charge >= 0.3 is 12.3 Å². The number of fused-ring (bicyclic) bond motifs is 1. The fraction of sp³-hybridized carbons (Fsp3) is 0.529. The van der Waals surface area contributed by atoms with Crippen molar-refractivity contribution in [1.29, 1.82) is 0 Å². The number of rotatable bonds is 11. The molecule has 0 radical (unpaired) electrons. The number of anilines is 2. The number of carbonyl (C=O) groups is 5.